The lowest BCUT2D eigenvalue weighted by Gasteiger charge is -2.11. The summed E-state index contributed by atoms with van der Waals surface area (Å²) in [6.07, 6.45) is 1.06. The molecule has 88 valence electrons. The fourth-order valence-corrected chi connectivity index (χ4v) is 1.82. The first-order valence-corrected chi connectivity index (χ1v) is 5.94. The maximum Gasteiger partial charge on any atom is 0.305 e. The van der Waals surface area contributed by atoms with Gasteiger partial charge >= 0.3 is 5.97 Å². The van der Waals surface area contributed by atoms with E-state index >= 15 is 0 Å². The van der Waals surface area contributed by atoms with Gasteiger partial charge in [0.25, 0.3) is 0 Å². The molecule has 2 nitrogen and oxygen atoms in total. The first-order valence-electron chi connectivity index (χ1n) is 5.50. The van der Waals surface area contributed by atoms with Crippen LogP contribution in [0.4, 0.5) is 0 Å². The maximum absolute atomic E-state index is 10.5. The van der Waals surface area contributed by atoms with Gasteiger partial charge in [0.15, 0.2) is 0 Å². The summed E-state index contributed by atoms with van der Waals surface area (Å²) in [4.78, 5) is 10.5. The zero-order valence-electron chi connectivity index (χ0n) is 9.61. The van der Waals surface area contributed by atoms with Crippen LogP contribution in [0, 0.1) is 0 Å². The van der Waals surface area contributed by atoms with Crippen LogP contribution in [0.2, 0.25) is 0 Å². The van der Waals surface area contributed by atoms with E-state index in [-0.39, 0.29) is 6.42 Å². The van der Waals surface area contributed by atoms with Crippen LogP contribution in [0.3, 0.4) is 0 Å². The predicted octanol–water partition coefficient (Wildman–Crippen LogP) is 3.95. The van der Waals surface area contributed by atoms with Crippen molar-refractivity contribution >= 4 is 17.6 Å². The summed E-state index contributed by atoms with van der Waals surface area (Å²) in [7, 11) is 0. The highest BCUT2D eigenvalue weighted by atomic mass is 35.5. The van der Waals surface area contributed by atoms with E-state index in [4.69, 9.17) is 16.7 Å². The van der Waals surface area contributed by atoms with E-state index in [2.05, 4.69) is 13.8 Å². The van der Waals surface area contributed by atoms with Crippen molar-refractivity contribution in [3.8, 4) is 0 Å². The lowest BCUT2D eigenvalue weighted by Crippen LogP contribution is -2.01. The highest BCUT2D eigenvalue weighted by molar-refractivity contribution is 6.21. The highest BCUT2D eigenvalue weighted by Crippen LogP contribution is 2.26. The number of aliphatic carboxylic acids is 1. The van der Waals surface area contributed by atoms with Gasteiger partial charge in [-0.25, -0.2) is 0 Å². The molecule has 0 aliphatic carbocycles. The van der Waals surface area contributed by atoms with E-state index in [1.54, 1.807) is 0 Å². The molecule has 0 aromatic heterocycles. The molecule has 0 radical (unpaired) electrons. The van der Waals surface area contributed by atoms with Crippen LogP contribution in [0.5, 0.6) is 0 Å². The lowest BCUT2D eigenvalue weighted by molar-refractivity contribution is -0.137. The molecule has 2 unspecified atom stereocenters. The van der Waals surface area contributed by atoms with Crippen LogP contribution in [0.15, 0.2) is 24.3 Å². The molecule has 0 aliphatic heterocycles. The number of halogens is 1. The van der Waals surface area contributed by atoms with Gasteiger partial charge < -0.3 is 5.11 Å². The third-order valence-corrected chi connectivity index (χ3v) is 3.24. The monoisotopic (exact) mass is 240 g/mol. The van der Waals surface area contributed by atoms with Gasteiger partial charge in [0.1, 0.15) is 0 Å². The molecule has 0 saturated heterocycles. The topological polar surface area (TPSA) is 37.3 Å². The van der Waals surface area contributed by atoms with E-state index in [1.807, 2.05) is 24.3 Å². The van der Waals surface area contributed by atoms with Crippen molar-refractivity contribution in [2.75, 3.05) is 0 Å². The average Bonchev–Trinajstić information content (AvgIpc) is 2.27. The predicted molar refractivity (Wildman–Crippen MR) is 66.0 cm³/mol. The first kappa shape index (κ1) is 13.0. The second-order valence-corrected chi connectivity index (χ2v) is 4.57. The number of carboxylic acid groups (broad SMARTS) is 1. The van der Waals surface area contributed by atoms with E-state index in [0.717, 1.165) is 12.0 Å². The molecule has 0 saturated carbocycles. The van der Waals surface area contributed by atoms with Crippen molar-refractivity contribution in [2.24, 2.45) is 0 Å². The zero-order valence-corrected chi connectivity index (χ0v) is 10.4. The summed E-state index contributed by atoms with van der Waals surface area (Å²) < 4.78 is 0. The molecule has 1 aromatic rings. The molecule has 1 aromatic carbocycles. The quantitative estimate of drug-likeness (QED) is 0.792. The van der Waals surface area contributed by atoms with Crippen LogP contribution in [0.25, 0.3) is 0 Å². The van der Waals surface area contributed by atoms with Crippen molar-refractivity contribution in [2.45, 2.75) is 38.0 Å². The average molecular weight is 241 g/mol. The third kappa shape index (κ3) is 3.53. The Labute approximate surface area is 101 Å². The Morgan fingerprint density at radius 3 is 2.25 bits per heavy atom. The van der Waals surface area contributed by atoms with Crippen molar-refractivity contribution in [3.63, 3.8) is 0 Å². The SMILES string of the molecule is CCC(C)c1ccc(C(Cl)CC(=O)O)cc1. The second kappa shape index (κ2) is 5.90. The molecule has 16 heavy (non-hydrogen) atoms. The van der Waals surface area contributed by atoms with Crippen LogP contribution >= 0.6 is 11.6 Å². The fourth-order valence-electron chi connectivity index (χ4n) is 1.54. The number of hydrogen-bond donors (Lipinski definition) is 1. The van der Waals surface area contributed by atoms with E-state index in [1.165, 1.54) is 5.56 Å². The highest BCUT2D eigenvalue weighted by Gasteiger charge is 2.12. The molecule has 2 atom stereocenters. The Morgan fingerprint density at radius 2 is 1.81 bits per heavy atom. The number of carboxylic acids is 1. The number of rotatable bonds is 5. The maximum atomic E-state index is 10.5. The van der Waals surface area contributed by atoms with Crippen molar-refractivity contribution in [3.05, 3.63) is 35.4 Å². The largest absolute Gasteiger partial charge is 0.481 e. The summed E-state index contributed by atoms with van der Waals surface area (Å²) in [6, 6.07) is 7.89. The van der Waals surface area contributed by atoms with Crippen molar-refractivity contribution in [1.29, 1.82) is 0 Å². The van der Waals surface area contributed by atoms with Crippen molar-refractivity contribution < 1.29 is 9.90 Å². The molecule has 1 N–H and O–H groups in total. The Kier molecular flexibility index (Phi) is 4.81. The van der Waals surface area contributed by atoms with Gasteiger partial charge in [-0.05, 0) is 23.5 Å². The standard InChI is InChI=1S/C13H17ClO2/c1-3-9(2)10-4-6-11(7-5-10)12(14)8-13(15)16/h4-7,9,12H,3,8H2,1-2H3,(H,15,16). The summed E-state index contributed by atoms with van der Waals surface area (Å²) in [5.41, 5.74) is 2.14. The van der Waals surface area contributed by atoms with Gasteiger partial charge in [-0.3, -0.25) is 4.79 Å². The third-order valence-electron chi connectivity index (χ3n) is 2.83. The fraction of sp³-hybridized carbons (Fsp3) is 0.462. The van der Waals surface area contributed by atoms with Gasteiger partial charge in [0, 0.05) is 0 Å². The first-order chi connectivity index (χ1) is 7.54. The molecule has 0 heterocycles. The van der Waals surface area contributed by atoms with Crippen LogP contribution in [0.1, 0.15) is 49.1 Å². The molecule has 0 spiro atoms. The van der Waals surface area contributed by atoms with Crippen LogP contribution in [-0.4, -0.2) is 11.1 Å². The van der Waals surface area contributed by atoms with Crippen molar-refractivity contribution in [1.82, 2.24) is 0 Å². The zero-order chi connectivity index (χ0) is 12.1. The molecule has 0 aliphatic rings. The van der Waals surface area contributed by atoms with E-state index in [0.29, 0.717) is 5.92 Å². The molecule has 3 heteroatoms. The molecular formula is C13H17ClO2. The molecule has 0 bridgehead atoms. The molecule has 1 rings (SSSR count). The Balaban J connectivity index is 2.74. The van der Waals surface area contributed by atoms with Gasteiger partial charge in [-0.1, -0.05) is 38.1 Å². The second-order valence-electron chi connectivity index (χ2n) is 4.04. The Hall–Kier alpha value is -1.02. The number of alkyl halides is 1. The summed E-state index contributed by atoms with van der Waals surface area (Å²) >= 11 is 5.99. The Bertz CT molecular complexity index is 345. The number of benzene rings is 1. The van der Waals surface area contributed by atoms with Gasteiger partial charge in [-0.2, -0.15) is 0 Å². The summed E-state index contributed by atoms with van der Waals surface area (Å²) in [6.45, 7) is 4.32. The van der Waals surface area contributed by atoms with Gasteiger partial charge in [0.05, 0.1) is 11.8 Å². The van der Waals surface area contributed by atoms with Crippen LogP contribution in [-0.2, 0) is 4.79 Å². The molecule has 0 amide bonds. The molecule has 0 fully saturated rings. The molecular weight excluding hydrogens is 224 g/mol. The smallest absolute Gasteiger partial charge is 0.305 e. The minimum atomic E-state index is -0.869. The minimum absolute atomic E-state index is 0.0375. The Morgan fingerprint density at radius 1 is 1.31 bits per heavy atom. The summed E-state index contributed by atoms with van der Waals surface area (Å²) in [5.74, 6) is -0.340. The minimum Gasteiger partial charge on any atom is -0.481 e. The normalized spacial score (nSPS) is 14.4. The van der Waals surface area contributed by atoms with E-state index in [9.17, 15) is 4.79 Å². The van der Waals surface area contributed by atoms with E-state index < -0.39 is 11.3 Å². The number of carbonyl (C=O) groups is 1. The van der Waals surface area contributed by atoms with Gasteiger partial charge in [-0.15, -0.1) is 11.6 Å². The van der Waals surface area contributed by atoms with Crippen LogP contribution < -0.4 is 0 Å². The lowest BCUT2D eigenvalue weighted by atomic mass is 9.97. The van der Waals surface area contributed by atoms with Gasteiger partial charge in [0.2, 0.25) is 0 Å². The number of hydrogen-bond acceptors (Lipinski definition) is 1. The summed E-state index contributed by atoms with van der Waals surface area (Å²) in [5, 5.41) is 8.20.